The molecule has 1 saturated carbocycles. The zero-order chi connectivity index (χ0) is 25.3. The third-order valence-corrected chi connectivity index (χ3v) is 7.89. The van der Waals surface area contributed by atoms with Crippen LogP contribution < -0.4 is 9.47 Å². The van der Waals surface area contributed by atoms with E-state index in [1.165, 1.54) is 11.1 Å². The van der Waals surface area contributed by atoms with Crippen LogP contribution in [0.25, 0.3) is 16.6 Å². The summed E-state index contributed by atoms with van der Waals surface area (Å²) in [7, 11) is 5.08. The number of hydrogen-bond donors (Lipinski definition) is 2. The molecule has 3 aromatic rings. The van der Waals surface area contributed by atoms with E-state index in [1.54, 1.807) is 19.1 Å². The van der Waals surface area contributed by atoms with Gasteiger partial charge in [-0.15, -0.1) is 0 Å². The number of ether oxygens (including phenoxy) is 2. The Bertz CT molecular complexity index is 1230. The fraction of sp³-hybridized carbons (Fsp3) is 0.448. The molecule has 6 rings (SSSR count). The van der Waals surface area contributed by atoms with Gasteiger partial charge in [0, 0.05) is 25.9 Å². The predicted molar refractivity (Wildman–Crippen MR) is 140 cm³/mol. The minimum Gasteiger partial charge on any atom is -0.494 e. The Morgan fingerprint density at radius 3 is 2.58 bits per heavy atom. The summed E-state index contributed by atoms with van der Waals surface area (Å²) in [6.45, 7) is 0.597. The molecule has 1 amide bonds. The number of aromatic amines is 1. The summed E-state index contributed by atoms with van der Waals surface area (Å²) in [5.74, 6) is 2.57. The molecule has 1 heterocycles. The van der Waals surface area contributed by atoms with Crippen LogP contribution in [0.4, 0.5) is 0 Å². The minimum atomic E-state index is -0.960. The third-order valence-electron chi connectivity index (χ3n) is 7.89. The molecule has 0 saturated heterocycles. The van der Waals surface area contributed by atoms with Gasteiger partial charge < -0.3 is 24.5 Å². The lowest BCUT2D eigenvalue weighted by Crippen LogP contribution is -2.49. The highest BCUT2D eigenvalue weighted by Gasteiger charge is 2.47. The fourth-order valence-corrected chi connectivity index (χ4v) is 5.90. The molecule has 1 fully saturated rings. The number of allylic oxidation sites excluding steroid dienone is 1. The van der Waals surface area contributed by atoms with Gasteiger partial charge in [-0.1, -0.05) is 36.4 Å². The number of carbonyl (C=O) groups excluding carboxylic acids is 1. The molecule has 3 aliphatic carbocycles. The number of nitrogens with zero attached hydrogens (tertiary/aromatic N) is 2. The monoisotopic (exact) mass is 489 g/mol. The summed E-state index contributed by atoms with van der Waals surface area (Å²) in [5, 5.41) is 11.5. The van der Waals surface area contributed by atoms with Gasteiger partial charge >= 0.3 is 0 Å². The lowest BCUT2D eigenvalue weighted by molar-refractivity contribution is -0.139. The summed E-state index contributed by atoms with van der Waals surface area (Å²) in [6, 6.07) is 14.1. The van der Waals surface area contributed by atoms with Crippen molar-refractivity contribution >= 4 is 22.5 Å². The molecule has 1 aromatic heterocycles. The van der Waals surface area contributed by atoms with Gasteiger partial charge in [0.05, 0.1) is 26.2 Å². The highest BCUT2D eigenvalue weighted by Crippen LogP contribution is 2.51. The summed E-state index contributed by atoms with van der Waals surface area (Å²) >= 11 is 0. The molecule has 190 valence electrons. The first-order valence-electron chi connectivity index (χ1n) is 12.7. The maximum atomic E-state index is 13.1. The lowest BCUT2D eigenvalue weighted by atomic mass is 9.61. The van der Waals surface area contributed by atoms with E-state index in [0.29, 0.717) is 31.1 Å². The van der Waals surface area contributed by atoms with Crippen molar-refractivity contribution < 1.29 is 19.4 Å². The van der Waals surface area contributed by atoms with Gasteiger partial charge in [0.25, 0.3) is 0 Å². The number of rotatable bonds is 9. The van der Waals surface area contributed by atoms with Gasteiger partial charge in [0.1, 0.15) is 28.4 Å². The van der Waals surface area contributed by atoms with E-state index in [9.17, 15) is 9.90 Å². The number of aliphatic hydroxyl groups is 1. The summed E-state index contributed by atoms with van der Waals surface area (Å²) < 4.78 is 10.9. The molecule has 3 atom stereocenters. The number of imidazole rings is 1. The number of benzene rings is 2. The van der Waals surface area contributed by atoms with E-state index in [4.69, 9.17) is 9.47 Å². The van der Waals surface area contributed by atoms with Crippen molar-refractivity contribution in [2.75, 3.05) is 27.8 Å². The van der Waals surface area contributed by atoms with Crippen molar-refractivity contribution in [1.29, 1.82) is 0 Å². The molecule has 2 aromatic carbocycles. The fourth-order valence-electron chi connectivity index (χ4n) is 5.90. The van der Waals surface area contributed by atoms with Gasteiger partial charge in [-0.2, -0.15) is 0 Å². The first kappa shape index (κ1) is 24.4. The SMILES string of the molecule is COc1ccc(OC)c2[nH]c(CCCN(C)C(=O)CC3(O)CC4CCC3C=C4c3ccccc3)nc12. The van der Waals surface area contributed by atoms with Crippen LogP contribution in [-0.2, 0) is 11.2 Å². The van der Waals surface area contributed by atoms with Crippen LogP contribution in [0.15, 0.2) is 48.5 Å². The average molecular weight is 490 g/mol. The molecule has 3 unspecified atom stereocenters. The highest BCUT2D eigenvalue weighted by molar-refractivity contribution is 5.87. The maximum absolute atomic E-state index is 13.1. The molecule has 0 spiro atoms. The summed E-state index contributed by atoms with van der Waals surface area (Å²) in [4.78, 5) is 22.8. The Kier molecular flexibility index (Phi) is 6.75. The number of aryl methyl sites for hydroxylation is 1. The molecule has 7 nitrogen and oxygen atoms in total. The zero-order valence-corrected chi connectivity index (χ0v) is 21.3. The van der Waals surface area contributed by atoms with Crippen LogP contribution in [0.3, 0.4) is 0 Å². The number of hydrogen-bond acceptors (Lipinski definition) is 5. The number of H-pyrrole nitrogens is 1. The number of methoxy groups -OCH3 is 2. The topological polar surface area (TPSA) is 87.7 Å². The molecule has 0 radical (unpaired) electrons. The molecular formula is C29H35N3O4. The van der Waals surface area contributed by atoms with Crippen LogP contribution in [0.1, 0.15) is 43.5 Å². The molecule has 2 bridgehead atoms. The summed E-state index contributed by atoms with van der Waals surface area (Å²) in [6.07, 6.45) is 6.51. The molecule has 7 heteroatoms. The van der Waals surface area contributed by atoms with Crippen LogP contribution in [0.5, 0.6) is 11.5 Å². The molecule has 36 heavy (non-hydrogen) atoms. The second-order valence-electron chi connectivity index (χ2n) is 10.1. The normalized spacial score (nSPS) is 22.9. The van der Waals surface area contributed by atoms with Crippen molar-refractivity contribution in [3.63, 3.8) is 0 Å². The van der Waals surface area contributed by atoms with Crippen molar-refractivity contribution in [3.05, 3.63) is 59.9 Å². The Balaban J connectivity index is 1.19. The average Bonchev–Trinajstić information content (AvgIpc) is 3.32. The van der Waals surface area contributed by atoms with E-state index in [0.717, 1.165) is 41.9 Å². The van der Waals surface area contributed by atoms with Crippen molar-refractivity contribution in [2.24, 2.45) is 11.8 Å². The van der Waals surface area contributed by atoms with Crippen molar-refractivity contribution in [2.45, 2.75) is 44.1 Å². The molecule has 2 N–H and O–H groups in total. The zero-order valence-electron chi connectivity index (χ0n) is 21.3. The smallest absolute Gasteiger partial charge is 0.225 e. The number of carbonyl (C=O) groups is 1. The number of aromatic nitrogens is 2. The van der Waals surface area contributed by atoms with Crippen molar-refractivity contribution in [1.82, 2.24) is 14.9 Å². The van der Waals surface area contributed by atoms with Gasteiger partial charge in [-0.25, -0.2) is 4.98 Å². The Hall–Kier alpha value is -3.32. The Morgan fingerprint density at radius 1 is 1.14 bits per heavy atom. The quantitative estimate of drug-likeness (QED) is 0.459. The van der Waals surface area contributed by atoms with E-state index in [2.05, 4.69) is 40.3 Å². The van der Waals surface area contributed by atoms with Crippen LogP contribution in [-0.4, -0.2) is 59.3 Å². The minimum absolute atomic E-state index is 0.00680. The second kappa shape index (κ2) is 9.97. The molecule has 0 aliphatic heterocycles. The van der Waals surface area contributed by atoms with E-state index in [-0.39, 0.29) is 18.2 Å². The van der Waals surface area contributed by atoms with E-state index in [1.807, 2.05) is 25.2 Å². The third kappa shape index (κ3) is 4.60. The van der Waals surface area contributed by atoms with E-state index >= 15 is 0 Å². The Labute approximate surface area is 212 Å². The van der Waals surface area contributed by atoms with Crippen LogP contribution >= 0.6 is 0 Å². The van der Waals surface area contributed by atoms with Crippen molar-refractivity contribution in [3.8, 4) is 11.5 Å². The predicted octanol–water partition coefficient (Wildman–Crippen LogP) is 4.61. The first-order chi connectivity index (χ1) is 17.4. The second-order valence-corrected chi connectivity index (χ2v) is 10.1. The lowest BCUT2D eigenvalue weighted by Gasteiger charge is -2.47. The van der Waals surface area contributed by atoms with E-state index < -0.39 is 5.60 Å². The molecular weight excluding hydrogens is 454 g/mol. The molecule has 3 aliphatic rings. The van der Waals surface area contributed by atoms with Gasteiger partial charge in [-0.3, -0.25) is 4.79 Å². The maximum Gasteiger partial charge on any atom is 0.225 e. The summed E-state index contributed by atoms with van der Waals surface area (Å²) in [5.41, 5.74) is 3.16. The first-order valence-corrected chi connectivity index (χ1v) is 12.7. The number of fused-ring (bicyclic) bond motifs is 3. The number of amides is 1. The standard InChI is InChI=1S/C29H35N3O4/c1-32(15-7-10-25-30-27-23(35-2)13-14-24(36-3)28(27)31-25)26(33)18-29(34)17-20-11-12-21(29)16-22(20)19-8-5-4-6-9-19/h4-6,8-9,13-14,16,20-21,34H,7,10-12,15,17-18H2,1-3H3,(H,30,31). The van der Waals surface area contributed by atoms with Gasteiger partial charge in [0.2, 0.25) is 5.91 Å². The largest absolute Gasteiger partial charge is 0.494 e. The Morgan fingerprint density at radius 2 is 1.89 bits per heavy atom. The van der Waals surface area contributed by atoms with Gasteiger partial charge in [0.15, 0.2) is 0 Å². The number of nitrogens with one attached hydrogen (secondary N) is 1. The van der Waals surface area contributed by atoms with Crippen LogP contribution in [0, 0.1) is 11.8 Å². The van der Waals surface area contributed by atoms with Gasteiger partial charge in [-0.05, 0) is 54.9 Å². The van der Waals surface area contributed by atoms with Crippen LogP contribution in [0.2, 0.25) is 0 Å². The highest BCUT2D eigenvalue weighted by atomic mass is 16.5.